The zero-order valence-corrected chi connectivity index (χ0v) is 20.1. The highest BCUT2D eigenvalue weighted by atomic mass is 16.5. The highest BCUT2D eigenvalue weighted by molar-refractivity contribution is 5.99. The molecule has 1 N–H and O–H groups in total. The molecule has 1 unspecified atom stereocenters. The van der Waals surface area contributed by atoms with Crippen molar-refractivity contribution in [3.63, 3.8) is 0 Å². The van der Waals surface area contributed by atoms with Crippen LogP contribution in [0, 0.1) is 11.3 Å². The number of fused-ring (bicyclic) bond motifs is 1. The molecule has 8 heteroatoms. The van der Waals surface area contributed by atoms with Crippen molar-refractivity contribution in [2.24, 2.45) is 7.05 Å². The number of carbonyl (C=O) groups is 1. The largest absolute Gasteiger partial charge is 0.506 e. The molecule has 2 aromatic heterocycles. The molecule has 0 saturated carbocycles. The van der Waals surface area contributed by atoms with E-state index in [-0.39, 0.29) is 40.3 Å². The number of hydrogen-bond donors (Lipinski definition) is 1. The van der Waals surface area contributed by atoms with Gasteiger partial charge in [-0.2, -0.15) is 5.26 Å². The lowest BCUT2D eigenvalue weighted by molar-refractivity contribution is -0.117. The first-order valence-electron chi connectivity index (χ1n) is 11.6. The van der Waals surface area contributed by atoms with E-state index in [1.165, 1.54) is 9.47 Å². The van der Waals surface area contributed by atoms with Crippen molar-refractivity contribution in [3.05, 3.63) is 70.5 Å². The molecule has 36 heavy (non-hydrogen) atoms. The van der Waals surface area contributed by atoms with Crippen LogP contribution in [-0.4, -0.2) is 33.7 Å². The number of ether oxygens (including phenoxy) is 1. The fourth-order valence-electron chi connectivity index (χ4n) is 4.81. The van der Waals surface area contributed by atoms with Gasteiger partial charge in [0.2, 0.25) is 5.91 Å². The van der Waals surface area contributed by atoms with Crippen LogP contribution >= 0.6 is 0 Å². The third-order valence-electron chi connectivity index (χ3n) is 6.76. The number of aryl methyl sites for hydroxylation is 1. The van der Waals surface area contributed by atoms with Gasteiger partial charge in [-0.05, 0) is 49.2 Å². The van der Waals surface area contributed by atoms with Crippen LogP contribution in [0.15, 0.2) is 59.4 Å². The monoisotopic (exact) mass is 480 g/mol. The van der Waals surface area contributed by atoms with Crippen LogP contribution in [0.25, 0.3) is 33.3 Å². The van der Waals surface area contributed by atoms with E-state index in [1.54, 1.807) is 68.8 Å². The molecule has 1 saturated heterocycles. The molecule has 5 rings (SSSR count). The Morgan fingerprint density at radius 3 is 2.50 bits per heavy atom. The summed E-state index contributed by atoms with van der Waals surface area (Å²) in [5.74, 6) is 0.500. The summed E-state index contributed by atoms with van der Waals surface area (Å²) in [5, 5.41) is 21.9. The number of hydrogen-bond acceptors (Lipinski definition) is 6. The molecule has 3 heterocycles. The number of pyridine rings is 2. The third-order valence-corrected chi connectivity index (χ3v) is 6.76. The van der Waals surface area contributed by atoms with Crippen molar-refractivity contribution in [3.8, 4) is 40.0 Å². The maximum atomic E-state index is 13.5. The lowest BCUT2D eigenvalue weighted by atomic mass is 9.97. The molecular weight excluding hydrogens is 456 g/mol. The fraction of sp³-hybridized carbons (Fsp3) is 0.214. The predicted molar refractivity (Wildman–Crippen MR) is 137 cm³/mol. The van der Waals surface area contributed by atoms with E-state index in [2.05, 4.69) is 11.1 Å². The second-order valence-corrected chi connectivity index (χ2v) is 8.85. The number of rotatable bonds is 4. The lowest BCUT2D eigenvalue weighted by Crippen LogP contribution is -2.32. The maximum absolute atomic E-state index is 13.5. The van der Waals surface area contributed by atoms with Crippen molar-refractivity contribution in [1.29, 1.82) is 5.26 Å². The Balaban J connectivity index is 1.86. The van der Waals surface area contributed by atoms with Crippen molar-refractivity contribution in [2.45, 2.75) is 25.8 Å². The minimum Gasteiger partial charge on any atom is -0.506 e. The van der Waals surface area contributed by atoms with Crippen LogP contribution < -0.4 is 15.2 Å². The summed E-state index contributed by atoms with van der Waals surface area (Å²) in [4.78, 5) is 32.5. The van der Waals surface area contributed by atoms with Crippen LogP contribution in [-0.2, 0) is 11.8 Å². The molecule has 0 spiro atoms. The maximum Gasteiger partial charge on any atom is 0.264 e. The number of aromatic hydroxyl groups is 1. The summed E-state index contributed by atoms with van der Waals surface area (Å²) in [5.41, 5.74) is 1.76. The molecule has 1 amide bonds. The van der Waals surface area contributed by atoms with E-state index < -0.39 is 5.56 Å². The van der Waals surface area contributed by atoms with Gasteiger partial charge < -0.3 is 14.4 Å². The average Bonchev–Trinajstić information content (AvgIpc) is 3.24. The summed E-state index contributed by atoms with van der Waals surface area (Å²) in [6, 6.07) is 17.9. The van der Waals surface area contributed by atoms with E-state index in [1.807, 2.05) is 6.92 Å². The van der Waals surface area contributed by atoms with E-state index in [9.17, 15) is 20.0 Å². The van der Waals surface area contributed by atoms with Gasteiger partial charge in [-0.3, -0.25) is 14.5 Å². The molecule has 0 bridgehead atoms. The summed E-state index contributed by atoms with van der Waals surface area (Å²) in [6.45, 7) is 1.90. The summed E-state index contributed by atoms with van der Waals surface area (Å²) < 4.78 is 6.72. The number of methoxy groups -OCH3 is 1. The summed E-state index contributed by atoms with van der Waals surface area (Å²) in [7, 11) is 3.20. The first-order valence-corrected chi connectivity index (χ1v) is 11.6. The van der Waals surface area contributed by atoms with Gasteiger partial charge in [-0.1, -0.05) is 24.3 Å². The van der Waals surface area contributed by atoms with E-state index >= 15 is 0 Å². The van der Waals surface area contributed by atoms with Crippen molar-refractivity contribution < 1.29 is 14.6 Å². The molecule has 1 aliphatic rings. The Bertz CT molecular complexity index is 1620. The van der Waals surface area contributed by atoms with Crippen molar-refractivity contribution in [2.75, 3.05) is 12.0 Å². The first-order chi connectivity index (χ1) is 17.3. The van der Waals surface area contributed by atoms with Crippen LogP contribution in [0.1, 0.15) is 25.3 Å². The molecule has 0 aliphatic carbocycles. The van der Waals surface area contributed by atoms with Gasteiger partial charge in [0.1, 0.15) is 28.7 Å². The van der Waals surface area contributed by atoms with Crippen LogP contribution in [0.4, 0.5) is 5.82 Å². The number of anilines is 1. The van der Waals surface area contributed by atoms with Crippen LogP contribution in [0.3, 0.4) is 0 Å². The van der Waals surface area contributed by atoms with Gasteiger partial charge in [0.15, 0.2) is 5.82 Å². The lowest BCUT2D eigenvalue weighted by Gasteiger charge is -2.24. The smallest absolute Gasteiger partial charge is 0.264 e. The molecule has 1 aliphatic heterocycles. The number of nitriles is 1. The molecule has 180 valence electrons. The number of nitrogens with zero attached hydrogens (tertiary/aromatic N) is 4. The Morgan fingerprint density at radius 1 is 1.14 bits per heavy atom. The molecule has 0 radical (unpaired) electrons. The first kappa shape index (κ1) is 23.1. The van der Waals surface area contributed by atoms with Gasteiger partial charge in [0.25, 0.3) is 5.56 Å². The highest BCUT2D eigenvalue weighted by Crippen LogP contribution is 2.39. The standard InChI is InChI=1S/C28H24N4O4/c1-16-8-13-24(33)32(16)27-21(15-29)20(17-9-11-18(36-3)12-10-17)14-22(30-27)25-26(34)19-6-4-5-7-23(19)31(2)28(25)35/h4-7,9-12,14,16,34H,8,13H2,1-3H3. The SMILES string of the molecule is COc1ccc(-c2cc(-c3c(O)c4ccccc4n(C)c3=O)nc(N3C(=O)CCC3C)c2C#N)cc1. The minimum atomic E-state index is -0.434. The van der Waals surface area contributed by atoms with Gasteiger partial charge in [-0.25, -0.2) is 4.98 Å². The van der Waals surface area contributed by atoms with Crippen molar-refractivity contribution >= 4 is 22.6 Å². The Morgan fingerprint density at radius 2 is 1.86 bits per heavy atom. The number of benzene rings is 2. The Kier molecular flexibility index (Phi) is 5.69. The minimum absolute atomic E-state index is 0.0102. The van der Waals surface area contributed by atoms with E-state index in [4.69, 9.17) is 4.74 Å². The summed E-state index contributed by atoms with van der Waals surface area (Å²) in [6.07, 6.45) is 0.981. The molecule has 4 aromatic rings. The molecule has 1 fully saturated rings. The van der Waals surface area contributed by atoms with E-state index in [0.717, 1.165) is 0 Å². The molecular formula is C28H24N4O4. The zero-order chi connectivity index (χ0) is 25.6. The molecule has 2 aromatic carbocycles. The summed E-state index contributed by atoms with van der Waals surface area (Å²) >= 11 is 0. The van der Waals surface area contributed by atoms with Gasteiger partial charge in [-0.15, -0.1) is 0 Å². The van der Waals surface area contributed by atoms with Gasteiger partial charge >= 0.3 is 0 Å². The number of aromatic nitrogens is 2. The van der Waals surface area contributed by atoms with Crippen LogP contribution in [0.5, 0.6) is 11.5 Å². The fourth-order valence-corrected chi connectivity index (χ4v) is 4.81. The topological polar surface area (TPSA) is 108 Å². The number of para-hydroxylation sites is 1. The molecule has 1 atom stereocenters. The predicted octanol–water partition coefficient (Wildman–Crippen LogP) is 4.37. The highest BCUT2D eigenvalue weighted by Gasteiger charge is 2.33. The second kappa shape index (κ2) is 8.86. The zero-order valence-electron chi connectivity index (χ0n) is 20.1. The normalized spacial score (nSPS) is 15.3. The Labute approximate surface area is 207 Å². The third kappa shape index (κ3) is 3.57. The number of carbonyl (C=O) groups excluding carboxylic acids is 1. The van der Waals surface area contributed by atoms with Crippen molar-refractivity contribution in [1.82, 2.24) is 9.55 Å². The van der Waals surface area contributed by atoms with Crippen LogP contribution in [0.2, 0.25) is 0 Å². The second-order valence-electron chi connectivity index (χ2n) is 8.85. The quantitative estimate of drug-likeness (QED) is 0.465. The number of amides is 1. The Hall–Kier alpha value is -4.64. The van der Waals surface area contributed by atoms with Gasteiger partial charge in [0, 0.05) is 30.5 Å². The average molecular weight is 481 g/mol. The van der Waals surface area contributed by atoms with E-state index in [0.29, 0.717) is 40.6 Å². The molecule has 8 nitrogen and oxygen atoms in total. The van der Waals surface area contributed by atoms with Gasteiger partial charge in [0.05, 0.1) is 18.3 Å².